The van der Waals surface area contributed by atoms with E-state index in [0.717, 1.165) is 12.5 Å². The summed E-state index contributed by atoms with van der Waals surface area (Å²) in [5.41, 5.74) is 0.398. The van der Waals surface area contributed by atoms with Gasteiger partial charge in [-0.1, -0.05) is 40.7 Å². The van der Waals surface area contributed by atoms with E-state index in [9.17, 15) is 0 Å². The molecule has 0 aliphatic heterocycles. The van der Waals surface area contributed by atoms with Crippen molar-refractivity contribution in [3.63, 3.8) is 0 Å². The van der Waals surface area contributed by atoms with Gasteiger partial charge in [-0.15, -0.1) is 6.58 Å². The Kier molecular flexibility index (Phi) is 6.10. The van der Waals surface area contributed by atoms with Crippen LogP contribution in [0.15, 0.2) is 12.7 Å². The number of nitrogens with one attached hydrogen (secondary N) is 1. The third-order valence-electron chi connectivity index (χ3n) is 3.03. The number of hydrogen-bond donors (Lipinski definition) is 1. The fourth-order valence-electron chi connectivity index (χ4n) is 1.33. The second kappa shape index (κ2) is 6.23. The lowest BCUT2D eigenvalue weighted by Gasteiger charge is -2.30. The normalized spacial score (nSPS) is 16.4. The Morgan fingerprint density at radius 3 is 2.29 bits per heavy atom. The molecule has 1 nitrogen and oxygen atoms in total. The van der Waals surface area contributed by atoms with Crippen molar-refractivity contribution in [3.05, 3.63) is 12.7 Å². The van der Waals surface area contributed by atoms with Crippen molar-refractivity contribution < 1.29 is 0 Å². The molecule has 0 saturated heterocycles. The molecule has 0 radical (unpaired) electrons. The van der Waals surface area contributed by atoms with Gasteiger partial charge in [-0.3, -0.25) is 0 Å². The molecule has 0 rings (SSSR count). The van der Waals surface area contributed by atoms with Crippen molar-refractivity contribution in [2.45, 2.75) is 53.5 Å². The largest absolute Gasteiger partial charge is 0.311 e. The standard InChI is InChI=1S/C13H27N/c1-7-9-14-12(8-2)10-11(3)13(4,5)6/h8,11-12,14H,2,7,9-10H2,1,3-6H3. The average Bonchev–Trinajstić information content (AvgIpc) is 2.10. The van der Waals surface area contributed by atoms with E-state index in [2.05, 4.69) is 46.5 Å². The summed E-state index contributed by atoms with van der Waals surface area (Å²) in [7, 11) is 0. The Labute approximate surface area is 90.0 Å². The summed E-state index contributed by atoms with van der Waals surface area (Å²) in [6, 6.07) is 0.476. The molecule has 0 saturated carbocycles. The summed E-state index contributed by atoms with van der Waals surface area (Å²) in [6.07, 6.45) is 4.42. The molecule has 0 amide bonds. The van der Waals surface area contributed by atoms with Crippen LogP contribution in [0.5, 0.6) is 0 Å². The highest BCUT2D eigenvalue weighted by Gasteiger charge is 2.21. The summed E-state index contributed by atoms with van der Waals surface area (Å²) < 4.78 is 0. The van der Waals surface area contributed by atoms with Gasteiger partial charge in [0.1, 0.15) is 0 Å². The van der Waals surface area contributed by atoms with Gasteiger partial charge in [-0.25, -0.2) is 0 Å². The molecular weight excluding hydrogens is 170 g/mol. The molecule has 84 valence electrons. The predicted octanol–water partition coefficient (Wildman–Crippen LogP) is 3.61. The van der Waals surface area contributed by atoms with Gasteiger partial charge in [-0.05, 0) is 30.7 Å². The lowest BCUT2D eigenvalue weighted by atomic mass is 9.78. The van der Waals surface area contributed by atoms with Crippen molar-refractivity contribution in [1.29, 1.82) is 0 Å². The minimum Gasteiger partial charge on any atom is -0.311 e. The SMILES string of the molecule is C=CC(CC(C)C(C)(C)C)NCCC. The fourth-order valence-corrected chi connectivity index (χ4v) is 1.33. The third-order valence-corrected chi connectivity index (χ3v) is 3.03. The molecule has 0 aromatic heterocycles. The zero-order valence-corrected chi connectivity index (χ0v) is 10.6. The first kappa shape index (κ1) is 13.7. The highest BCUT2D eigenvalue weighted by atomic mass is 14.9. The van der Waals surface area contributed by atoms with Crippen LogP contribution in [-0.4, -0.2) is 12.6 Å². The first-order valence-corrected chi connectivity index (χ1v) is 5.77. The zero-order chi connectivity index (χ0) is 11.2. The van der Waals surface area contributed by atoms with Gasteiger partial charge in [0.15, 0.2) is 0 Å². The Morgan fingerprint density at radius 2 is 1.93 bits per heavy atom. The zero-order valence-electron chi connectivity index (χ0n) is 10.6. The minimum atomic E-state index is 0.398. The highest BCUT2D eigenvalue weighted by Crippen LogP contribution is 2.29. The molecule has 0 aromatic carbocycles. The molecule has 2 atom stereocenters. The molecule has 2 unspecified atom stereocenters. The molecule has 0 heterocycles. The lowest BCUT2D eigenvalue weighted by molar-refractivity contribution is 0.233. The van der Waals surface area contributed by atoms with Crippen molar-refractivity contribution in [2.24, 2.45) is 11.3 Å². The molecular formula is C13H27N. The van der Waals surface area contributed by atoms with Crippen molar-refractivity contribution in [3.8, 4) is 0 Å². The van der Waals surface area contributed by atoms with Gasteiger partial charge in [0.25, 0.3) is 0 Å². The summed E-state index contributed by atoms with van der Waals surface area (Å²) in [6.45, 7) is 16.4. The molecule has 0 aromatic rings. The molecule has 0 fully saturated rings. The van der Waals surface area contributed by atoms with Crippen molar-refractivity contribution >= 4 is 0 Å². The van der Waals surface area contributed by atoms with Crippen LogP contribution >= 0.6 is 0 Å². The Bertz CT molecular complexity index is 155. The highest BCUT2D eigenvalue weighted by molar-refractivity contribution is 4.88. The van der Waals surface area contributed by atoms with E-state index in [1.54, 1.807) is 0 Å². The Balaban J connectivity index is 3.98. The van der Waals surface area contributed by atoms with Gasteiger partial charge >= 0.3 is 0 Å². The third kappa shape index (κ3) is 5.43. The second-order valence-corrected chi connectivity index (χ2v) is 5.30. The second-order valence-electron chi connectivity index (χ2n) is 5.30. The maximum Gasteiger partial charge on any atom is 0.0250 e. The van der Waals surface area contributed by atoms with E-state index in [-0.39, 0.29) is 0 Å². The first-order valence-electron chi connectivity index (χ1n) is 5.77. The van der Waals surface area contributed by atoms with E-state index in [4.69, 9.17) is 0 Å². The summed E-state index contributed by atoms with van der Waals surface area (Å²) >= 11 is 0. The quantitative estimate of drug-likeness (QED) is 0.641. The number of hydrogen-bond acceptors (Lipinski definition) is 1. The Morgan fingerprint density at radius 1 is 1.36 bits per heavy atom. The molecule has 0 aliphatic rings. The van der Waals surface area contributed by atoms with E-state index in [1.165, 1.54) is 12.8 Å². The average molecular weight is 197 g/mol. The van der Waals surface area contributed by atoms with E-state index >= 15 is 0 Å². The van der Waals surface area contributed by atoms with Crippen molar-refractivity contribution in [1.82, 2.24) is 5.32 Å². The van der Waals surface area contributed by atoms with Crippen LogP contribution in [0, 0.1) is 11.3 Å². The fraction of sp³-hybridized carbons (Fsp3) is 0.846. The Hall–Kier alpha value is -0.300. The van der Waals surface area contributed by atoms with Crippen LogP contribution in [0.25, 0.3) is 0 Å². The molecule has 1 heteroatoms. The number of rotatable bonds is 6. The van der Waals surface area contributed by atoms with E-state index < -0.39 is 0 Å². The molecule has 1 N–H and O–H groups in total. The van der Waals surface area contributed by atoms with Gasteiger partial charge in [0, 0.05) is 6.04 Å². The van der Waals surface area contributed by atoms with Crippen LogP contribution in [0.3, 0.4) is 0 Å². The topological polar surface area (TPSA) is 12.0 Å². The first-order chi connectivity index (χ1) is 6.41. The van der Waals surface area contributed by atoms with Gasteiger partial charge in [0.2, 0.25) is 0 Å². The van der Waals surface area contributed by atoms with Crippen LogP contribution < -0.4 is 5.32 Å². The molecule has 14 heavy (non-hydrogen) atoms. The molecule has 0 spiro atoms. The monoisotopic (exact) mass is 197 g/mol. The van der Waals surface area contributed by atoms with E-state index in [0.29, 0.717) is 11.5 Å². The molecule has 0 bridgehead atoms. The minimum absolute atomic E-state index is 0.398. The van der Waals surface area contributed by atoms with Gasteiger partial charge in [-0.2, -0.15) is 0 Å². The van der Waals surface area contributed by atoms with Crippen LogP contribution in [0.4, 0.5) is 0 Å². The summed E-state index contributed by atoms with van der Waals surface area (Å²) in [5.74, 6) is 0.717. The summed E-state index contributed by atoms with van der Waals surface area (Å²) in [5, 5.41) is 3.50. The maximum atomic E-state index is 3.89. The van der Waals surface area contributed by atoms with Crippen molar-refractivity contribution in [2.75, 3.05) is 6.54 Å². The van der Waals surface area contributed by atoms with E-state index in [1.807, 2.05) is 6.08 Å². The van der Waals surface area contributed by atoms with Crippen LogP contribution in [-0.2, 0) is 0 Å². The van der Waals surface area contributed by atoms with Crippen LogP contribution in [0.2, 0.25) is 0 Å². The van der Waals surface area contributed by atoms with Crippen LogP contribution in [0.1, 0.15) is 47.5 Å². The van der Waals surface area contributed by atoms with Gasteiger partial charge in [0.05, 0.1) is 0 Å². The molecule has 0 aliphatic carbocycles. The summed E-state index contributed by atoms with van der Waals surface area (Å²) in [4.78, 5) is 0. The lowest BCUT2D eigenvalue weighted by Crippen LogP contribution is -2.32. The predicted molar refractivity (Wildman–Crippen MR) is 65.5 cm³/mol. The van der Waals surface area contributed by atoms with Gasteiger partial charge < -0.3 is 5.32 Å². The maximum absolute atomic E-state index is 3.89. The smallest absolute Gasteiger partial charge is 0.0250 e.